The van der Waals surface area contributed by atoms with Crippen LogP contribution in [0.4, 0.5) is 0 Å². The second-order valence-electron chi connectivity index (χ2n) is 6.26. The molecular weight excluding hydrogens is 378 g/mol. The third-order valence-corrected chi connectivity index (χ3v) is 8.88. The highest BCUT2D eigenvalue weighted by atomic mass is 32.2. The Bertz CT molecular complexity index is 935. The van der Waals surface area contributed by atoms with Gasteiger partial charge in [0.1, 0.15) is 4.21 Å². The van der Waals surface area contributed by atoms with Gasteiger partial charge in [0.25, 0.3) is 10.0 Å². The minimum atomic E-state index is -3.48. The standard InChI is InChI=1S/C16H17N3O3S3/c1-3-14(20)18-16-10-6-19(7-11(10)16)25(21,22)15-5-4-13(24-15)12-8-23-9(2)17-12/h3-5,8,10-11,16H,1,6-7H2,2H3,(H,18,20). The number of hydrogen-bond donors (Lipinski definition) is 1. The molecule has 2 aromatic heterocycles. The maximum atomic E-state index is 12.9. The molecule has 1 saturated heterocycles. The van der Waals surface area contributed by atoms with Crippen LogP contribution >= 0.6 is 22.7 Å². The minimum absolute atomic E-state index is 0.0776. The molecule has 2 unspecified atom stereocenters. The first kappa shape index (κ1) is 16.9. The van der Waals surface area contributed by atoms with Gasteiger partial charge in [-0.1, -0.05) is 6.58 Å². The van der Waals surface area contributed by atoms with Gasteiger partial charge in [-0.2, -0.15) is 4.31 Å². The molecule has 1 aliphatic carbocycles. The van der Waals surface area contributed by atoms with Gasteiger partial charge in [-0.05, 0) is 37.0 Å². The summed E-state index contributed by atoms with van der Waals surface area (Å²) in [7, 11) is -3.48. The third-order valence-electron chi connectivity index (χ3n) is 4.70. The normalized spacial score (nSPS) is 25.6. The van der Waals surface area contributed by atoms with E-state index in [1.165, 1.54) is 21.7 Å². The van der Waals surface area contributed by atoms with Gasteiger partial charge < -0.3 is 5.32 Å². The molecule has 9 heteroatoms. The Balaban J connectivity index is 1.46. The average molecular weight is 396 g/mol. The molecule has 2 atom stereocenters. The molecule has 4 rings (SSSR count). The molecule has 1 amide bonds. The predicted octanol–water partition coefficient (Wildman–Crippen LogP) is 2.10. The molecule has 2 fully saturated rings. The lowest BCUT2D eigenvalue weighted by atomic mass is 10.4. The summed E-state index contributed by atoms with van der Waals surface area (Å²) in [6.07, 6.45) is 1.25. The molecular formula is C16H17N3O3S3. The molecule has 1 saturated carbocycles. The number of aryl methyl sites for hydroxylation is 1. The molecule has 2 aromatic rings. The van der Waals surface area contributed by atoms with Gasteiger partial charge >= 0.3 is 0 Å². The zero-order chi connectivity index (χ0) is 17.8. The van der Waals surface area contributed by atoms with E-state index in [2.05, 4.69) is 16.9 Å². The second-order valence-corrected chi connectivity index (χ2v) is 10.6. The van der Waals surface area contributed by atoms with Gasteiger partial charge in [-0.3, -0.25) is 4.79 Å². The van der Waals surface area contributed by atoms with Crippen LogP contribution in [-0.4, -0.2) is 42.7 Å². The number of aromatic nitrogens is 1. The Morgan fingerprint density at radius 2 is 2.12 bits per heavy atom. The molecule has 25 heavy (non-hydrogen) atoms. The monoisotopic (exact) mass is 395 g/mol. The number of carbonyl (C=O) groups is 1. The lowest BCUT2D eigenvalue weighted by Crippen LogP contribution is -2.36. The Hall–Kier alpha value is -1.55. The summed E-state index contributed by atoms with van der Waals surface area (Å²) in [6.45, 7) is 6.28. The predicted molar refractivity (Wildman–Crippen MR) is 98.0 cm³/mol. The van der Waals surface area contributed by atoms with Gasteiger partial charge in [-0.15, -0.1) is 22.7 Å². The van der Waals surface area contributed by atoms with Crippen LogP contribution in [0.3, 0.4) is 0 Å². The number of amides is 1. The fourth-order valence-electron chi connectivity index (χ4n) is 3.32. The maximum Gasteiger partial charge on any atom is 0.252 e. The average Bonchev–Trinajstić information content (AvgIpc) is 3.11. The van der Waals surface area contributed by atoms with Crippen molar-refractivity contribution < 1.29 is 13.2 Å². The van der Waals surface area contributed by atoms with Crippen molar-refractivity contribution in [2.75, 3.05) is 13.1 Å². The van der Waals surface area contributed by atoms with Gasteiger partial charge in [0.05, 0.1) is 15.6 Å². The van der Waals surface area contributed by atoms with E-state index in [0.29, 0.717) is 17.3 Å². The topological polar surface area (TPSA) is 79.4 Å². The first-order valence-electron chi connectivity index (χ1n) is 7.85. The summed E-state index contributed by atoms with van der Waals surface area (Å²) < 4.78 is 27.6. The molecule has 1 N–H and O–H groups in total. The van der Waals surface area contributed by atoms with Crippen LogP contribution in [-0.2, 0) is 14.8 Å². The Kier molecular flexibility index (Phi) is 4.06. The van der Waals surface area contributed by atoms with Crippen LogP contribution in [0.1, 0.15) is 5.01 Å². The van der Waals surface area contributed by atoms with Crippen molar-refractivity contribution in [3.8, 4) is 10.6 Å². The number of hydrogen-bond acceptors (Lipinski definition) is 6. The van der Waals surface area contributed by atoms with Crippen LogP contribution < -0.4 is 5.32 Å². The number of sulfonamides is 1. The van der Waals surface area contributed by atoms with Crippen molar-refractivity contribution in [1.29, 1.82) is 0 Å². The third kappa shape index (κ3) is 2.95. The second kappa shape index (κ2) is 6.01. The fourth-order valence-corrected chi connectivity index (χ4v) is 6.95. The summed E-state index contributed by atoms with van der Waals surface area (Å²) in [5.74, 6) is 0.217. The number of nitrogens with zero attached hydrogens (tertiary/aromatic N) is 2. The number of thiophene rings is 1. The van der Waals surface area contributed by atoms with E-state index in [1.54, 1.807) is 17.4 Å². The number of rotatable bonds is 5. The molecule has 1 aliphatic heterocycles. The van der Waals surface area contributed by atoms with Crippen LogP contribution in [0.15, 0.2) is 34.4 Å². The van der Waals surface area contributed by atoms with Crippen molar-refractivity contribution in [3.63, 3.8) is 0 Å². The van der Waals surface area contributed by atoms with Crippen molar-refractivity contribution in [1.82, 2.24) is 14.6 Å². The van der Waals surface area contributed by atoms with Crippen molar-refractivity contribution in [2.24, 2.45) is 11.8 Å². The van der Waals surface area contributed by atoms with Crippen LogP contribution in [0, 0.1) is 18.8 Å². The summed E-state index contributed by atoms with van der Waals surface area (Å²) in [4.78, 5) is 16.6. The van der Waals surface area contributed by atoms with Crippen LogP contribution in [0.5, 0.6) is 0 Å². The maximum absolute atomic E-state index is 12.9. The van der Waals surface area contributed by atoms with Crippen molar-refractivity contribution in [3.05, 3.63) is 35.2 Å². The molecule has 6 nitrogen and oxygen atoms in total. The lowest BCUT2D eigenvalue weighted by molar-refractivity contribution is -0.116. The zero-order valence-electron chi connectivity index (χ0n) is 13.5. The largest absolute Gasteiger partial charge is 0.349 e. The molecule has 0 spiro atoms. The molecule has 132 valence electrons. The van der Waals surface area contributed by atoms with Gasteiger partial charge in [-0.25, -0.2) is 13.4 Å². The fraction of sp³-hybridized carbons (Fsp3) is 0.375. The highest BCUT2D eigenvalue weighted by molar-refractivity contribution is 7.91. The molecule has 0 aromatic carbocycles. The highest BCUT2D eigenvalue weighted by Gasteiger charge is 2.58. The van der Waals surface area contributed by atoms with Gasteiger partial charge in [0.2, 0.25) is 5.91 Å². The first-order valence-corrected chi connectivity index (χ1v) is 11.0. The number of carbonyl (C=O) groups excluding carboxylic acids is 1. The number of nitrogens with one attached hydrogen (secondary N) is 1. The molecule has 2 aliphatic rings. The van der Waals surface area contributed by atoms with Crippen molar-refractivity contribution >= 4 is 38.6 Å². The first-order chi connectivity index (χ1) is 11.9. The lowest BCUT2D eigenvalue weighted by Gasteiger charge is -2.18. The van der Waals surface area contributed by atoms with E-state index in [1.807, 2.05) is 18.4 Å². The van der Waals surface area contributed by atoms with E-state index < -0.39 is 10.0 Å². The van der Waals surface area contributed by atoms with E-state index in [0.717, 1.165) is 15.6 Å². The van der Waals surface area contributed by atoms with E-state index in [-0.39, 0.29) is 23.8 Å². The summed E-state index contributed by atoms with van der Waals surface area (Å²) >= 11 is 2.80. The summed E-state index contributed by atoms with van der Waals surface area (Å²) in [6, 6.07) is 3.55. The van der Waals surface area contributed by atoms with E-state index in [9.17, 15) is 13.2 Å². The number of fused-ring (bicyclic) bond motifs is 1. The Labute approximate surface area is 154 Å². The van der Waals surface area contributed by atoms with Crippen LogP contribution in [0.2, 0.25) is 0 Å². The Morgan fingerprint density at radius 1 is 1.40 bits per heavy atom. The smallest absolute Gasteiger partial charge is 0.252 e. The number of piperidine rings is 1. The molecule has 0 bridgehead atoms. The summed E-state index contributed by atoms with van der Waals surface area (Å²) in [5, 5.41) is 5.76. The van der Waals surface area contributed by atoms with Gasteiger partial charge in [0.15, 0.2) is 0 Å². The van der Waals surface area contributed by atoms with Crippen LogP contribution in [0.25, 0.3) is 10.6 Å². The number of thiazole rings is 1. The Morgan fingerprint density at radius 3 is 2.72 bits per heavy atom. The van der Waals surface area contributed by atoms with E-state index >= 15 is 0 Å². The highest BCUT2D eigenvalue weighted by Crippen LogP contribution is 2.47. The summed E-state index contributed by atoms with van der Waals surface area (Å²) in [5.41, 5.74) is 0.824. The van der Waals surface area contributed by atoms with E-state index in [4.69, 9.17) is 0 Å². The zero-order valence-corrected chi connectivity index (χ0v) is 16.0. The van der Waals surface area contributed by atoms with Gasteiger partial charge in [0, 0.05) is 24.5 Å². The SMILES string of the molecule is C=CC(=O)NC1C2CN(S(=O)(=O)c3ccc(-c4csc(C)n4)s3)CC21. The molecule has 3 heterocycles. The minimum Gasteiger partial charge on any atom is -0.349 e. The molecule has 0 radical (unpaired) electrons. The van der Waals surface area contributed by atoms with Crippen molar-refractivity contribution in [2.45, 2.75) is 17.2 Å². The quantitative estimate of drug-likeness (QED) is 0.787.